The highest BCUT2D eigenvalue weighted by molar-refractivity contribution is 5.97. The molecule has 29 heavy (non-hydrogen) atoms. The second kappa shape index (κ2) is 8.43. The number of benzene rings is 1. The summed E-state index contributed by atoms with van der Waals surface area (Å²) in [6.07, 6.45) is 2.61. The van der Waals surface area contributed by atoms with Crippen LogP contribution in [0.15, 0.2) is 18.2 Å². The predicted octanol–water partition coefficient (Wildman–Crippen LogP) is 3.71. The zero-order valence-electron chi connectivity index (χ0n) is 17.8. The summed E-state index contributed by atoms with van der Waals surface area (Å²) in [6.45, 7) is 9.16. The van der Waals surface area contributed by atoms with Crippen molar-refractivity contribution >= 4 is 29.3 Å². The molecule has 0 aliphatic carbocycles. The van der Waals surface area contributed by atoms with Gasteiger partial charge in [-0.25, -0.2) is 4.79 Å². The Labute approximate surface area is 172 Å². The summed E-state index contributed by atoms with van der Waals surface area (Å²) in [6, 6.07) is 5.62. The molecule has 0 unspecified atom stereocenters. The fraction of sp³-hybridized carbons (Fsp3) is 0.591. The zero-order valence-corrected chi connectivity index (χ0v) is 17.8. The Morgan fingerprint density at radius 2 is 1.93 bits per heavy atom. The molecule has 1 atom stereocenters. The van der Waals surface area contributed by atoms with E-state index in [1.54, 1.807) is 9.80 Å². The summed E-state index contributed by atoms with van der Waals surface area (Å²) in [7, 11) is 0. The van der Waals surface area contributed by atoms with Crippen LogP contribution in [0.25, 0.3) is 0 Å². The number of hydrogen-bond acceptors (Lipinski definition) is 4. The zero-order chi connectivity index (χ0) is 21.2. The minimum absolute atomic E-state index is 0.0948. The van der Waals surface area contributed by atoms with Gasteiger partial charge in [0.2, 0.25) is 11.8 Å². The van der Waals surface area contributed by atoms with Crippen molar-refractivity contribution in [2.24, 2.45) is 5.92 Å². The van der Waals surface area contributed by atoms with Gasteiger partial charge in [0, 0.05) is 37.4 Å². The summed E-state index contributed by atoms with van der Waals surface area (Å²) < 4.78 is 5.43. The van der Waals surface area contributed by atoms with Crippen molar-refractivity contribution in [3.8, 4) is 0 Å². The molecule has 2 saturated heterocycles. The molecule has 2 fully saturated rings. The van der Waals surface area contributed by atoms with Crippen LogP contribution in [0.4, 0.5) is 16.2 Å². The van der Waals surface area contributed by atoms with Crippen molar-refractivity contribution in [3.05, 3.63) is 23.8 Å². The Balaban J connectivity index is 1.61. The van der Waals surface area contributed by atoms with E-state index in [-0.39, 0.29) is 23.8 Å². The molecule has 0 aromatic heterocycles. The fourth-order valence-electron chi connectivity index (χ4n) is 3.87. The lowest BCUT2D eigenvalue weighted by Gasteiger charge is -2.33. The average Bonchev–Trinajstić information content (AvgIpc) is 3.06. The molecule has 0 spiro atoms. The summed E-state index contributed by atoms with van der Waals surface area (Å²) in [4.78, 5) is 40.5. The van der Waals surface area contributed by atoms with Crippen LogP contribution in [-0.4, -0.2) is 48.0 Å². The SMILES string of the molecule is Cc1cc(NC(=O)[C@H]2CCCN(C(=O)OC(C)(C)C)C2)ccc1N1CCCC1=O. The molecule has 3 rings (SSSR count). The molecular weight excluding hydrogens is 370 g/mol. The number of amides is 3. The van der Waals surface area contributed by atoms with Gasteiger partial charge < -0.3 is 19.9 Å². The number of carbonyl (C=O) groups is 3. The van der Waals surface area contributed by atoms with Crippen LogP contribution in [0.2, 0.25) is 0 Å². The van der Waals surface area contributed by atoms with E-state index < -0.39 is 5.60 Å². The van der Waals surface area contributed by atoms with Crippen LogP contribution in [0.5, 0.6) is 0 Å². The van der Waals surface area contributed by atoms with Crippen molar-refractivity contribution in [1.82, 2.24) is 4.90 Å². The van der Waals surface area contributed by atoms with Gasteiger partial charge in [-0.15, -0.1) is 0 Å². The molecule has 1 aromatic carbocycles. The molecule has 1 N–H and O–H groups in total. The van der Waals surface area contributed by atoms with Crippen LogP contribution in [0.3, 0.4) is 0 Å². The predicted molar refractivity (Wildman–Crippen MR) is 112 cm³/mol. The summed E-state index contributed by atoms with van der Waals surface area (Å²) in [5.41, 5.74) is 2.01. The van der Waals surface area contributed by atoms with Crippen molar-refractivity contribution in [1.29, 1.82) is 0 Å². The topological polar surface area (TPSA) is 79.0 Å². The molecule has 0 radical (unpaired) electrons. The number of hydrogen-bond donors (Lipinski definition) is 1. The summed E-state index contributed by atoms with van der Waals surface area (Å²) in [5.74, 6) is -0.214. The highest BCUT2D eigenvalue weighted by Gasteiger charge is 2.31. The molecule has 2 aliphatic rings. The monoisotopic (exact) mass is 401 g/mol. The Kier molecular flexibility index (Phi) is 6.15. The maximum Gasteiger partial charge on any atom is 0.410 e. The summed E-state index contributed by atoms with van der Waals surface area (Å²) in [5, 5.41) is 2.97. The van der Waals surface area contributed by atoms with E-state index in [0.717, 1.165) is 37.1 Å². The van der Waals surface area contributed by atoms with Gasteiger partial charge >= 0.3 is 6.09 Å². The van der Waals surface area contributed by atoms with Gasteiger partial charge in [-0.05, 0) is 70.7 Å². The lowest BCUT2D eigenvalue weighted by Crippen LogP contribution is -2.45. The molecule has 3 amide bonds. The van der Waals surface area contributed by atoms with Crippen molar-refractivity contribution in [3.63, 3.8) is 0 Å². The van der Waals surface area contributed by atoms with Gasteiger partial charge in [0.05, 0.1) is 5.92 Å². The van der Waals surface area contributed by atoms with E-state index in [1.807, 2.05) is 45.9 Å². The molecule has 7 heteroatoms. The number of carbonyl (C=O) groups excluding carboxylic acids is 3. The van der Waals surface area contributed by atoms with Crippen LogP contribution in [-0.2, 0) is 14.3 Å². The number of likely N-dealkylation sites (tertiary alicyclic amines) is 1. The van der Waals surface area contributed by atoms with Gasteiger partial charge in [-0.1, -0.05) is 0 Å². The average molecular weight is 402 g/mol. The van der Waals surface area contributed by atoms with Crippen LogP contribution < -0.4 is 10.2 Å². The third-order valence-electron chi connectivity index (χ3n) is 5.27. The molecule has 2 heterocycles. The van der Waals surface area contributed by atoms with E-state index in [0.29, 0.717) is 25.2 Å². The number of piperidine rings is 1. The first-order valence-corrected chi connectivity index (χ1v) is 10.3. The van der Waals surface area contributed by atoms with Crippen molar-refractivity contribution in [2.45, 2.75) is 59.0 Å². The smallest absolute Gasteiger partial charge is 0.410 e. The van der Waals surface area contributed by atoms with Gasteiger partial charge in [0.1, 0.15) is 5.60 Å². The van der Waals surface area contributed by atoms with E-state index in [2.05, 4.69) is 5.32 Å². The molecule has 158 valence electrons. The third kappa shape index (κ3) is 5.28. The molecule has 1 aromatic rings. The Morgan fingerprint density at radius 3 is 2.55 bits per heavy atom. The standard InChI is InChI=1S/C22H31N3O4/c1-15-13-17(9-10-18(15)25-12-6-8-19(25)26)23-20(27)16-7-5-11-24(14-16)21(28)29-22(2,3)4/h9-10,13,16H,5-8,11-12,14H2,1-4H3,(H,23,27)/t16-/m0/s1. The lowest BCUT2D eigenvalue weighted by atomic mass is 9.97. The minimum atomic E-state index is -0.553. The van der Waals surface area contributed by atoms with E-state index in [9.17, 15) is 14.4 Å². The Bertz CT molecular complexity index is 800. The first-order valence-electron chi connectivity index (χ1n) is 10.3. The highest BCUT2D eigenvalue weighted by atomic mass is 16.6. The second-order valence-corrected chi connectivity index (χ2v) is 8.90. The molecule has 0 saturated carbocycles. The van der Waals surface area contributed by atoms with Crippen LogP contribution in [0, 0.1) is 12.8 Å². The number of nitrogens with zero attached hydrogens (tertiary/aromatic N) is 2. The Morgan fingerprint density at radius 1 is 1.17 bits per heavy atom. The van der Waals surface area contributed by atoms with Gasteiger partial charge in [0.15, 0.2) is 0 Å². The molecule has 7 nitrogen and oxygen atoms in total. The van der Waals surface area contributed by atoms with Gasteiger partial charge in [-0.3, -0.25) is 9.59 Å². The van der Waals surface area contributed by atoms with E-state index in [1.165, 1.54) is 0 Å². The Hall–Kier alpha value is -2.57. The molecule has 2 aliphatic heterocycles. The first-order chi connectivity index (χ1) is 13.6. The van der Waals surface area contributed by atoms with Gasteiger partial charge in [0.25, 0.3) is 0 Å². The van der Waals surface area contributed by atoms with E-state index in [4.69, 9.17) is 4.74 Å². The number of aryl methyl sites for hydroxylation is 1. The molecular formula is C22H31N3O4. The van der Waals surface area contributed by atoms with E-state index >= 15 is 0 Å². The maximum absolute atomic E-state index is 12.8. The number of nitrogens with one attached hydrogen (secondary N) is 1. The normalized spacial score (nSPS) is 20.0. The largest absolute Gasteiger partial charge is 0.444 e. The second-order valence-electron chi connectivity index (χ2n) is 8.90. The highest BCUT2D eigenvalue weighted by Crippen LogP contribution is 2.28. The van der Waals surface area contributed by atoms with Crippen LogP contribution in [0.1, 0.15) is 52.0 Å². The van der Waals surface area contributed by atoms with Crippen molar-refractivity contribution < 1.29 is 19.1 Å². The number of anilines is 2. The fourth-order valence-corrected chi connectivity index (χ4v) is 3.87. The van der Waals surface area contributed by atoms with Crippen LogP contribution >= 0.6 is 0 Å². The molecule has 0 bridgehead atoms. The first kappa shape index (κ1) is 21.1. The van der Waals surface area contributed by atoms with Crippen molar-refractivity contribution in [2.75, 3.05) is 29.9 Å². The quantitative estimate of drug-likeness (QED) is 0.837. The number of rotatable bonds is 3. The maximum atomic E-state index is 12.8. The van der Waals surface area contributed by atoms with Gasteiger partial charge in [-0.2, -0.15) is 0 Å². The lowest BCUT2D eigenvalue weighted by molar-refractivity contribution is -0.121. The number of ether oxygens (including phenoxy) is 1. The third-order valence-corrected chi connectivity index (χ3v) is 5.27. The minimum Gasteiger partial charge on any atom is -0.444 e. The summed E-state index contributed by atoms with van der Waals surface area (Å²) >= 11 is 0.